The van der Waals surface area contributed by atoms with Crippen LogP contribution in [0, 0.1) is 5.92 Å². The quantitative estimate of drug-likeness (QED) is 0.794. The van der Waals surface area contributed by atoms with Crippen molar-refractivity contribution in [3.05, 3.63) is 0 Å². The summed E-state index contributed by atoms with van der Waals surface area (Å²) in [6.45, 7) is 3.05. The molecule has 2 atom stereocenters. The summed E-state index contributed by atoms with van der Waals surface area (Å²) in [6.07, 6.45) is 5.70. The van der Waals surface area contributed by atoms with Crippen molar-refractivity contribution < 1.29 is 9.90 Å². The van der Waals surface area contributed by atoms with E-state index in [0.717, 1.165) is 45.1 Å². The minimum absolute atomic E-state index is 0.0574. The Hall–Kier alpha value is -0.610. The molecule has 0 spiro atoms. The highest BCUT2D eigenvalue weighted by atomic mass is 16.3. The Labute approximate surface area is 110 Å². The number of hydrogen-bond donors (Lipinski definition) is 2. The van der Waals surface area contributed by atoms with E-state index in [1.807, 2.05) is 11.9 Å². The van der Waals surface area contributed by atoms with Crippen molar-refractivity contribution in [3.8, 4) is 0 Å². The van der Waals surface area contributed by atoms with Crippen molar-refractivity contribution >= 4 is 5.91 Å². The molecule has 0 aromatic heterocycles. The molecule has 1 aliphatic carbocycles. The molecule has 2 N–H and O–H groups in total. The molecular weight excluding hydrogens is 228 g/mol. The van der Waals surface area contributed by atoms with E-state index in [0.29, 0.717) is 12.0 Å². The van der Waals surface area contributed by atoms with E-state index in [2.05, 4.69) is 12.2 Å². The maximum atomic E-state index is 12.6. The second-order valence-corrected chi connectivity index (χ2v) is 5.86. The Bertz CT molecular complexity index is 288. The SMILES string of the molecule is CN[C@H](C(=O)N1CCC[C@H]1C)C1CCC(O)CC1. The van der Waals surface area contributed by atoms with E-state index < -0.39 is 0 Å². The first-order valence-electron chi connectivity index (χ1n) is 7.29. The lowest BCUT2D eigenvalue weighted by atomic mass is 9.82. The maximum absolute atomic E-state index is 12.6. The van der Waals surface area contributed by atoms with Gasteiger partial charge in [-0.2, -0.15) is 0 Å². The van der Waals surface area contributed by atoms with Crippen LogP contribution in [-0.4, -0.2) is 47.7 Å². The fourth-order valence-corrected chi connectivity index (χ4v) is 3.44. The Morgan fingerprint density at radius 3 is 2.44 bits per heavy atom. The number of hydrogen-bond acceptors (Lipinski definition) is 3. The average molecular weight is 254 g/mol. The molecule has 0 bridgehead atoms. The first-order valence-corrected chi connectivity index (χ1v) is 7.29. The van der Waals surface area contributed by atoms with Crippen LogP contribution < -0.4 is 5.32 Å². The Morgan fingerprint density at radius 2 is 1.94 bits per heavy atom. The molecule has 1 heterocycles. The van der Waals surface area contributed by atoms with Crippen LogP contribution in [0.2, 0.25) is 0 Å². The van der Waals surface area contributed by atoms with Crippen molar-refractivity contribution in [3.63, 3.8) is 0 Å². The molecule has 1 amide bonds. The largest absolute Gasteiger partial charge is 0.393 e. The van der Waals surface area contributed by atoms with Crippen LogP contribution in [0.4, 0.5) is 0 Å². The highest BCUT2D eigenvalue weighted by Crippen LogP contribution is 2.29. The standard InChI is InChI=1S/C14H26N2O2/c1-10-4-3-9-16(10)14(18)13(15-2)11-5-7-12(17)8-6-11/h10-13,15,17H,3-9H2,1-2H3/t10-,11?,12?,13+/m1/s1. The molecule has 4 heteroatoms. The second kappa shape index (κ2) is 6.02. The van der Waals surface area contributed by atoms with E-state index in [1.165, 1.54) is 0 Å². The van der Waals surface area contributed by atoms with Gasteiger partial charge in [-0.3, -0.25) is 4.79 Å². The number of amides is 1. The smallest absolute Gasteiger partial charge is 0.240 e. The summed E-state index contributed by atoms with van der Waals surface area (Å²) >= 11 is 0. The first kappa shape index (κ1) is 13.8. The predicted molar refractivity (Wildman–Crippen MR) is 71.2 cm³/mol. The van der Waals surface area contributed by atoms with Gasteiger partial charge in [-0.15, -0.1) is 0 Å². The van der Waals surface area contributed by atoms with E-state index >= 15 is 0 Å². The van der Waals surface area contributed by atoms with E-state index in [1.54, 1.807) is 0 Å². The molecular formula is C14H26N2O2. The number of aliphatic hydroxyl groups excluding tert-OH is 1. The van der Waals surface area contributed by atoms with Gasteiger partial charge in [0.05, 0.1) is 12.1 Å². The summed E-state index contributed by atoms with van der Waals surface area (Å²) < 4.78 is 0. The van der Waals surface area contributed by atoms with Crippen molar-refractivity contribution in [2.45, 2.75) is 63.6 Å². The summed E-state index contributed by atoms with van der Waals surface area (Å²) in [6, 6.07) is 0.334. The lowest BCUT2D eigenvalue weighted by molar-refractivity contribution is -0.135. The van der Waals surface area contributed by atoms with E-state index in [-0.39, 0.29) is 18.1 Å². The van der Waals surface area contributed by atoms with Crippen LogP contribution in [0.25, 0.3) is 0 Å². The van der Waals surface area contributed by atoms with Gasteiger partial charge in [-0.1, -0.05) is 0 Å². The maximum Gasteiger partial charge on any atom is 0.240 e. The predicted octanol–water partition coefficient (Wildman–Crippen LogP) is 1.14. The Balaban J connectivity index is 1.97. The van der Waals surface area contributed by atoms with Gasteiger partial charge >= 0.3 is 0 Å². The van der Waals surface area contributed by atoms with Crippen LogP contribution in [-0.2, 0) is 4.79 Å². The monoisotopic (exact) mass is 254 g/mol. The Kier molecular flexibility index (Phi) is 4.62. The average Bonchev–Trinajstić information content (AvgIpc) is 2.78. The van der Waals surface area contributed by atoms with E-state index in [4.69, 9.17) is 0 Å². The molecule has 2 aliphatic rings. The molecule has 1 aliphatic heterocycles. The summed E-state index contributed by atoms with van der Waals surface area (Å²) in [5, 5.41) is 12.8. The molecule has 104 valence electrons. The summed E-state index contributed by atoms with van der Waals surface area (Å²) in [5.74, 6) is 0.655. The highest BCUT2D eigenvalue weighted by molar-refractivity contribution is 5.82. The second-order valence-electron chi connectivity index (χ2n) is 5.86. The molecule has 2 rings (SSSR count). The topological polar surface area (TPSA) is 52.6 Å². The van der Waals surface area contributed by atoms with Crippen LogP contribution in [0.15, 0.2) is 0 Å². The van der Waals surface area contributed by atoms with Gasteiger partial charge in [0.1, 0.15) is 0 Å². The molecule has 0 radical (unpaired) electrons. The zero-order valence-corrected chi connectivity index (χ0v) is 11.6. The number of aliphatic hydroxyl groups is 1. The van der Waals surface area contributed by atoms with Crippen molar-refractivity contribution in [2.75, 3.05) is 13.6 Å². The Morgan fingerprint density at radius 1 is 1.28 bits per heavy atom. The lowest BCUT2D eigenvalue weighted by Gasteiger charge is -2.34. The van der Waals surface area contributed by atoms with Crippen molar-refractivity contribution in [2.24, 2.45) is 5.92 Å². The number of nitrogens with zero attached hydrogens (tertiary/aromatic N) is 1. The van der Waals surface area contributed by atoms with Gasteiger partial charge < -0.3 is 15.3 Å². The number of carbonyl (C=O) groups excluding carboxylic acids is 1. The van der Waals surface area contributed by atoms with E-state index in [9.17, 15) is 9.90 Å². The molecule has 4 nitrogen and oxygen atoms in total. The summed E-state index contributed by atoms with van der Waals surface area (Å²) in [7, 11) is 1.88. The van der Waals surface area contributed by atoms with Gasteiger partial charge in [0.2, 0.25) is 5.91 Å². The zero-order valence-electron chi connectivity index (χ0n) is 11.6. The van der Waals surface area contributed by atoms with Crippen LogP contribution >= 0.6 is 0 Å². The normalized spacial score (nSPS) is 34.6. The summed E-state index contributed by atoms with van der Waals surface area (Å²) in [4.78, 5) is 14.6. The highest BCUT2D eigenvalue weighted by Gasteiger charge is 2.35. The molecule has 0 aromatic rings. The number of rotatable bonds is 3. The first-order chi connectivity index (χ1) is 8.63. The third kappa shape index (κ3) is 2.86. The number of likely N-dealkylation sites (N-methyl/N-ethyl adjacent to an activating group) is 1. The fraction of sp³-hybridized carbons (Fsp3) is 0.929. The molecule has 1 saturated carbocycles. The van der Waals surface area contributed by atoms with Crippen LogP contribution in [0.5, 0.6) is 0 Å². The lowest BCUT2D eigenvalue weighted by Crippen LogP contribution is -2.51. The molecule has 18 heavy (non-hydrogen) atoms. The number of likely N-dealkylation sites (tertiary alicyclic amines) is 1. The minimum Gasteiger partial charge on any atom is -0.393 e. The third-order valence-electron chi connectivity index (χ3n) is 4.63. The van der Waals surface area contributed by atoms with Gasteiger partial charge in [-0.05, 0) is 58.4 Å². The molecule has 2 fully saturated rings. The van der Waals surface area contributed by atoms with Crippen molar-refractivity contribution in [1.29, 1.82) is 0 Å². The molecule has 1 saturated heterocycles. The van der Waals surface area contributed by atoms with Gasteiger partial charge in [0.15, 0.2) is 0 Å². The van der Waals surface area contributed by atoms with Gasteiger partial charge in [-0.25, -0.2) is 0 Å². The van der Waals surface area contributed by atoms with Gasteiger partial charge in [0, 0.05) is 12.6 Å². The van der Waals surface area contributed by atoms with Gasteiger partial charge in [0.25, 0.3) is 0 Å². The molecule has 0 aromatic carbocycles. The summed E-state index contributed by atoms with van der Waals surface area (Å²) in [5.41, 5.74) is 0. The van der Waals surface area contributed by atoms with Crippen molar-refractivity contribution in [1.82, 2.24) is 10.2 Å². The third-order valence-corrected chi connectivity index (χ3v) is 4.63. The van der Waals surface area contributed by atoms with Crippen LogP contribution in [0.1, 0.15) is 45.4 Å². The minimum atomic E-state index is -0.153. The molecule has 0 unspecified atom stereocenters. The number of nitrogens with one attached hydrogen (secondary N) is 1. The zero-order chi connectivity index (χ0) is 13.1. The number of carbonyl (C=O) groups is 1. The fourth-order valence-electron chi connectivity index (χ4n) is 3.44. The van der Waals surface area contributed by atoms with Crippen LogP contribution in [0.3, 0.4) is 0 Å².